The highest BCUT2D eigenvalue weighted by atomic mass is 35.5. The fourth-order valence-corrected chi connectivity index (χ4v) is 3.23. The summed E-state index contributed by atoms with van der Waals surface area (Å²) in [5.74, 6) is -0.389. The van der Waals surface area contributed by atoms with Crippen molar-refractivity contribution in [3.05, 3.63) is 20.3 Å². The third-order valence-electron chi connectivity index (χ3n) is 2.87. The largest absolute Gasteiger partial charge is 0.396 e. The maximum atomic E-state index is 11.9. The van der Waals surface area contributed by atoms with Crippen molar-refractivity contribution < 1.29 is 14.7 Å². The predicted octanol–water partition coefficient (Wildman–Crippen LogP) is 3.30. The predicted molar refractivity (Wildman–Crippen MR) is 81.8 cm³/mol. The molecule has 4 nitrogen and oxygen atoms in total. The summed E-state index contributed by atoms with van der Waals surface area (Å²) in [6, 6.07) is 1.47. The number of thiophene rings is 1. The number of aliphatic hydroxyl groups excluding tert-OH is 1. The van der Waals surface area contributed by atoms with E-state index in [4.69, 9.17) is 28.3 Å². The van der Waals surface area contributed by atoms with Gasteiger partial charge in [0.2, 0.25) is 5.91 Å². The van der Waals surface area contributed by atoms with Crippen LogP contribution in [0.5, 0.6) is 0 Å². The smallest absolute Gasteiger partial charge is 0.220 e. The molecule has 0 saturated heterocycles. The van der Waals surface area contributed by atoms with Gasteiger partial charge in [-0.2, -0.15) is 0 Å². The second-order valence-electron chi connectivity index (χ2n) is 4.35. The Balaban J connectivity index is 2.44. The number of hydrogen-bond donors (Lipinski definition) is 2. The van der Waals surface area contributed by atoms with Gasteiger partial charge in [0.15, 0.2) is 5.78 Å². The molecule has 112 valence electrons. The molecule has 1 unspecified atom stereocenters. The lowest BCUT2D eigenvalue weighted by atomic mass is 10.1. The molecule has 1 aromatic rings. The molecule has 0 saturated carbocycles. The van der Waals surface area contributed by atoms with E-state index in [0.717, 1.165) is 17.8 Å². The van der Waals surface area contributed by atoms with Crippen LogP contribution in [0.4, 0.5) is 0 Å². The lowest BCUT2D eigenvalue weighted by molar-refractivity contribution is -0.121. The molecule has 7 heteroatoms. The van der Waals surface area contributed by atoms with Gasteiger partial charge in [-0.25, -0.2) is 0 Å². The summed E-state index contributed by atoms with van der Waals surface area (Å²) in [6.45, 7) is 1.96. The zero-order chi connectivity index (χ0) is 15.1. The van der Waals surface area contributed by atoms with E-state index in [-0.39, 0.29) is 37.2 Å². The van der Waals surface area contributed by atoms with Crippen molar-refractivity contribution in [3.63, 3.8) is 0 Å². The van der Waals surface area contributed by atoms with Crippen LogP contribution in [-0.2, 0) is 4.79 Å². The van der Waals surface area contributed by atoms with E-state index in [1.54, 1.807) is 0 Å². The molecule has 0 bridgehead atoms. The van der Waals surface area contributed by atoms with Gasteiger partial charge in [0.1, 0.15) is 4.34 Å². The summed E-state index contributed by atoms with van der Waals surface area (Å²) >= 11 is 12.8. The van der Waals surface area contributed by atoms with Gasteiger partial charge in [0.25, 0.3) is 0 Å². The second-order valence-corrected chi connectivity index (χ2v) is 6.63. The fourth-order valence-electron chi connectivity index (χ4n) is 1.73. The molecule has 1 amide bonds. The van der Waals surface area contributed by atoms with Gasteiger partial charge in [-0.1, -0.05) is 30.1 Å². The van der Waals surface area contributed by atoms with Gasteiger partial charge in [0.05, 0.1) is 4.34 Å². The van der Waals surface area contributed by atoms with E-state index in [1.165, 1.54) is 6.07 Å². The highest BCUT2D eigenvalue weighted by Crippen LogP contribution is 2.32. The van der Waals surface area contributed by atoms with Crippen LogP contribution in [0, 0.1) is 0 Å². The average molecular weight is 338 g/mol. The molecule has 0 aliphatic carbocycles. The van der Waals surface area contributed by atoms with Crippen LogP contribution in [0.15, 0.2) is 6.07 Å². The second kappa shape index (κ2) is 8.62. The lowest BCUT2D eigenvalue weighted by Gasteiger charge is -2.15. The van der Waals surface area contributed by atoms with Crippen LogP contribution in [0.2, 0.25) is 8.67 Å². The molecule has 1 aromatic heterocycles. The summed E-state index contributed by atoms with van der Waals surface area (Å²) in [6.07, 6.45) is 1.45. The highest BCUT2D eigenvalue weighted by molar-refractivity contribution is 7.20. The topological polar surface area (TPSA) is 66.4 Å². The number of Topliss-reactive ketones (excluding diaryl/α,β-unsaturated/α-hetero) is 1. The number of carbonyl (C=O) groups is 2. The molecule has 1 rings (SSSR count). The van der Waals surface area contributed by atoms with Crippen molar-refractivity contribution in [2.24, 2.45) is 0 Å². The quantitative estimate of drug-likeness (QED) is 0.715. The van der Waals surface area contributed by atoms with E-state index >= 15 is 0 Å². The number of carbonyl (C=O) groups excluding carboxylic acids is 2. The third kappa shape index (κ3) is 5.40. The Bertz CT molecular complexity index is 476. The van der Waals surface area contributed by atoms with Crippen LogP contribution < -0.4 is 5.32 Å². The van der Waals surface area contributed by atoms with Crippen LogP contribution in [0.25, 0.3) is 0 Å². The molecule has 0 aromatic carbocycles. The molecular weight excluding hydrogens is 321 g/mol. The number of ketones is 1. The van der Waals surface area contributed by atoms with Crippen LogP contribution in [-0.4, -0.2) is 29.4 Å². The molecule has 0 spiro atoms. The Morgan fingerprint density at radius 1 is 1.40 bits per heavy atom. The minimum Gasteiger partial charge on any atom is -0.396 e. The fraction of sp³-hybridized carbons (Fsp3) is 0.538. The van der Waals surface area contributed by atoms with Crippen LogP contribution >= 0.6 is 34.5 Å². The van der Waals surface area contributed by atoms with Crippen LogP contribution in [0.3, 0.4) is 0 Å². The Morgan fingerprint density at radius 3 is 2.60 bits per heavy atom. The average Bonchev–Trinajstić information content (AvgIpc) is 2.74. The van der Waals surface area contributed by atoms with Crippen molar-refractivity contribution in [3.8, 4) is 0 Å². The Kier molecular flexibility index (Phi) is 7.51. The van der Waals surface area contributed by atoms with E-state index in [9.17, 15) is 9.59 Å². The molecule has 1 atom stereocenters. The summed E-state index contributed by atoms with van der Waals surface area (Å²) < 4.78 is 0.809. The van der Waals surface area contributed by atoms with E-state index in [1.807, 2.05) is 6.92 Å². The van der Waals surface area contributed by atoms with Crippen molar-refractivity contribution in [2.45, 2.75) is 38.6 Å². The van der Waals surface area contributed by atoms with Gasteiger partial charge in [-0.15, -0.1) is 11.3 Å². The first-order chi connectivity index (χ1) is 9.47. The zero-order valence-corrected chi connectivity index (χ0v) is 13.4. The molecule has 1 heterocycles. The van der Waals surface area contributed by atoms with Crippen LogP contribution in [0.1, 0.15) is 43.0 Å². The van der Waals surface area contributed by atoms with Gasteiger partial charge in [-0.3, -0.25) is 9.59 Å². The minimum absolute atomic E-state index is 0.0285. The van der Waals surface area contributed by atoms with Gasteiger partial charge < -0.3 is 10.4 Å². The molecule has 0 aliphatic rings. The highest BCUT2D eigenvalue weighted by Gasteiger charge is 2.16. The number of rotatable bonds is 8. The van der Waals surface area contributed by atoms with Gasteiger partial charge in [0, 0.05) is 31.1 Å². The monoisotopic (exact) mass is 337 g/mol. The minimum atomic E-state index is -0.198. The van der Waals surface area contributed by atoms with Crippen molar-refractivity contribution in [1.82, 2.24) is 5.32 Å². The molecule has 0 fully saturated rings. The summed E-state index contributed by atoms with van der Waals surface area (Å²) in [5, 5.41) is 11.6. The van der Waals surface area contributed by atoms with E-state index in [2.05, 4.69) is 5.32 Å². The number of amides is 1. The normalized spacial score (nSPS) is 12.2. The summed E-state index contributed by atoms with van der Waals surface area (Å²) in [4.78, 5) is 23.6. The Morgan fingerprint density at radius 2 is 2.10 bits per heavy atom. The Labute approximate surface area is 132 Å². The number of hydrogen-bond acceptors (Lipinski definition) is 4. The van der Waals surface area contributed by atoms with E-state index in [0.29, 0.717) is 20.7 Å². The summed E-state index contributed by atoms with van der Waals surface area (Å²) in [5.41, 5.74) is 0.372. The Hall–Kier alpha value is -0.620. The maximum Gasteiger partial charge on any atom is 0.220 e. The molecule has 20 heavy (non-hydrogen) atoms. The van der Waals surface area contributed by atoms with Crippen molar-refractivity contribution in [2.75, 3.05) is 6.61 Å². The lowest BCUT2D eigenvalue weighted by Crippen LogP contribution is -2.35. The van der Waals surface area contributed by atoms with Gasteiger partial charge in [-0.05, 0) is 18.9 Å². The molecular formula is C13H17Cl2NO3S. The first kappa shape index (κ1) is 17.4. The molecule has 0 aliphatic heterocycles. The standard InChI is InChI=1S/C13H17Cl2NO3S/c1-2-8(5-6-17)16-12(19)4-3-10(18)9-7-11(14)20-13(9)15/h7-8,17H,2-6H2,1H3,(H,16,19). The third-order valence-corrected chi connectivity index (χ3v) is 4.36. The van der Waals surface area contributed by atoms with Crippen molar-refractivity contribution >= 4 is 46.2 Å². The van der Waals surface area contributed by atoms with Crippen molar-refractivity contribution in [1.29, 1.82) is 0 Å². The first-order valence-corrected chi connectivity index (χ1v) is 7.93. The zero-order valence-electron chi connectivity index (χ0n) is 11.1. The maximum absolute atomic E-state index is 11.9. The number of halogens is 2. The summed E-state index contributed by atoms with van der Waals surface area (Å²) in [7, 11) is 0. The number of aliphatic hydroxyl groups is 1. The SMILES string of the molecule is CCC(CCO)NC(=O)CCC(=O)c1cc(Cl)sc1Cl. The first-order valence-electron chi connectivity index (χ1n) is 6.36. The molecule has 0 radical (unpaired) electrons. The molecule has 2 N–H and O–H groups in total. The number of nitrogens with one attached hydrogen (secondary N) is 1. The van der Waals surface area contributed by atoms with Gasteiger partial charge >= 0.3 is 0 Å². The van der Waals surface area contributed by atoms with E-state index < -0.39 is 0 Å².